The van der Waals surface area contributed by atoms with Gasteiger partial charge in [-0.15, -0.1) is 0 Å². The Bertz CT molecular complexity index is 2420. The fourth-order valence-electron chi connectivity index (χ4n) is 7.80. The molecule has 7 aromatic carbocycles. The lowest BCUT2D eigenvalue weighted by Gasteiger charge is -2.39. The Morgan fingerprint density at radius 1 is 0.356 bits per heavy atom. The van der Waals surface area contributed by atoms with Crippen molar-refractivity contribution < 1.29 is 9.15 Å². The van der Waals surface area contributed by atoms with E-state index in [2.05, 4.69) is 146 Å². The van der Waals surface area contributed by atoms with Gasteiger partial charge in [-0.1, -0.05) is 127 Å². The van der Waals surface area contributed by atoms with Gasteiger partial charge >= 0.3 is 0 Å². The molecule has 0 fully saturated rings. The van der Waals surface area contributed by atoms with Crippen LogP contribution in [0.2, 0.25) is 0 Å². The van der Waals surface area contributed by atoms with E-state index in [0.717, 1.165) is 44.6 Å². The number of ether oxygens (including phenoxy) is 1. The molecule has 45 heavy (non-hydrogen) atoms. The van der Waals surface area contributed by atoms with E-state index < -0.39 is 5.41 Å². The third-order valence-electron chi connectivity index (χ3n) is 9.78. The van der Waals surface area contributed by atoms with E-state index in [9.17, 15) is 0 Å². The lowest BCUT2D eigenvalue weighted by molar-refractivity contribution is 0.436. The molecule has 2 heteroatoms. The molecular formula is C43H26O2. The smallest absolute Gasteiger partial charge is 0.135 e. The first-order chi connectivity index (χ1) is 22.3. The minimum Gasteiger partial charge on any atom is -0.457 e. The summed E-state index contributed by atoms with van der Waals surface area (Å²) in [5.41, 5.74) is 13.6. The van der Waals surface area contributed by atoms with Crippen molar-refractivity contribution in [2.24, 2.45) is 0 Å². The van der Waals surface area contributed by atoms with Crippen LogP contribution in [0.4, 0.5) is 0 Å². The maximum Gasteiger partial charge on any atom is 0.135 e. The Balaban J connectivity index is 1.09. The Kier molecular flexibility index (Phi) is 4.95. The fourth-order valence-corrected chi connectivity index (χ4v) is 7.80. The van der Waals surface area contributed by atoms with Crippen LogP contribution < -0.4 is 4.74 Å². The molecule has 2 aliphatic rings. The normalized spacial score (nSPS) is 13.7. The van der Waals surface area contributed by atoms with Crippen LogP contribution in [0.1, 0.15) is 22.3 Å². The zero-order valence-electron chi connectivity index (χ0n) is 24.3. The van der Waals surface area contributed by atoms with Crippen molar-refractivity contribution in [3.8, 4) is 44.9 Å². The highest BCUT2D eigenvalue weighted by Crippen LogP contribution is 2.62. The lowest BCUT2D eigenvalue weighted by atomic mass is 9.66. The number of para-hydroxylation sites is 2. The molecule has 0 N–H and O–H groups in total. The van der Waals surface area contributed by atoms with E-state index in [-0.39, 0.29) is 0 Å². The van der Waals surface area contributed by atoms with E-state index in [1.165, 1.54) is 44.5 Å². The number of fused-ring (bicyclic) bond motifs is 12. The van der Waals surface area contributed by atoms with Gasteiger partial charge in [0.15, 0.2) is 0 Å². The predicted octanol–water partition coefficient (Wildman–Crippen LogP) is 11.4. The van der Waals surface area contributed by atoms with Crippen LogP contribution in [-0.4, -0.2) is 0 Å². The zero-order valence-corrected chi connectivity index (χ0v) is 24.3. The van der Waals surface area contributed by atoms with Gasteiger partial charge in [-0.05, 0) is 74.8 Å². The first-order valence-corrected chi connectivity index (χ1v) is 15.4. The van der Waals surface area contributed by atoms with Crippen molar-refractivity contribution in [2.45, 2.75) is 5.41 Å². The maximum absolute atomic E-state index is 6.71. The largest absolute Gasteiger partial charge is 0.457 e. The van der Waals surface area contributed by atoms with Gasteiger partial charge in [-0.2, -0.15) is 0 Å². The summed E-state index contributed by atoms with van der Waals surface area (Å²) >= 11 is 0. The molecule has 2 heterocycles. The van der Waals surface area contributed by atoms with Crippen LogP contribution in [0.25, 0.3) is 55.3 Å². The number of furan rings is 1. The van der Waals surface area contributed by atoms with Gasteiger partial charge in [0.1, 0.15) is 22.7 Å². The molecular weight excluding hydrogens is 548 g/mol. The van der Waals surface area contributed by atoms with E-state index in [1.54, 1.807) is 0 Å². The molecule has 210 valence electrons. The van der Waals surface area contributed by atoms with Crippen molar-refractivity contribution in [3.63, 3.8) is 0 Å². The van der Waals surface area contributed by atoms with Gasteiger partial charge in [-0.25, -0.2) is 0 Å². The number of hydrogen-bond acceptors (Lipinski definition) is 2. The zero-order chi connectivity index (χ0) is 29.5. The highest BCUT2D eigenvalue weighted by atomic mass is 16.5. The summed E-state index contributed by atoms with van der Waals surface area (Å²) in [6.07, 6.45) is 0. The SMILES string of the molecule is c1ccc2c(c1)Oc1cc(-c3ccc(-c4ccc5oc6ccccc6c5c4)cc3)ccc1C21c2ccccc2-c2ccccc21. The summed E-state index contributed by atoms with van der Waals surface area (Å²) in [5, 5.41) is 2.29. The number of benzene rings is 7. The summed E-state index contributed by atoms with van der Waals surface area (Å²) in [6.45, 7) is 0. The van der Waals surface area contributed by atoms with Crippen LogP contribution in [0, 0.1) is 0 Å². The molecule has 0 amide bonds. The molecule has 0 atom stereocenters. The molecule has 1 aliphatic carbocycles. The van der Waals surface area contributed by atoms with Crippen LogP contribution in [0.5, 0.6) is 11.5 Å². The van der Waals surface area contributed by atoms with Crippen molar-refractivity contribution in [1.82, 2.24) is 0 Å². The van der Waals surface area contributed by atoms with Crippen LogP contribution in [-0.2, 0) is 5.41 Å². The molecule has 1 aliphatic heterocycles. The Morgan fingerprint density at radius 2 is 0.889 bits per heavy atom. The molecule has 10 rings (SSSR count). The van der Waals surface area contributed by atoms with Crippen molar-refractivity contribution >= 4 is 21.9 Å². The minimum atomic E-state index is -0.435. The first kappa shape index (κ1) is 24.6. The quantitative estimate of drug-likeness (QED) is 0.205. The Labute approximate surface area is 260 Å². The second-order valence-corrected chi connectivity index (χ2v) is 12.0. The highest BCUT2D eigenvalue weighted by Gasteiger charge is 2.50. The Morgan fingerprint density at radius 3 is 1.64 bits per heavy atom. The van der Waals surface area contributed by atoms with E-state index >= 15 is 0 Å². The number of hydrogen-bond donors (Lipinski definition) is 0. The third kappa shape index (κ3) is 3.34. The van der Waals surface area contributed by atoms with Crippen molar-refractivity contribution in [3.05, 3.63) is 180 Å². The summed E-state index contributed by atoms with van der Waals surface area (Å²) < 4.78 is 12.8. The average molecular weight is 575 g/mol. The van der Waals surface area contributed by atoms with Gasteiger partial charge < -0.3 is 9.15 Å². The molecule has 0 saturated heterocycles. The van der Waals surface area contributed by atoms with Gasteiger partial charge in [0.2, 0.25) is 0 Å². The lowest BCUT2D eigenvalue weighted by Crippen LogP contribution is -2.32. The average Bonchev–Trinajstić information content (AvgIpc) is 3.62. The van der Waals surface area contributed by atoms with E-state index in [4.69, 9.17) is 9.15 Å². The van der Waals surface area contributed by atoms with Gasteiger partial charge in [-0.3, -0.25) is 0 Å². The monoisotopic (exact) mass is 574 g/mol. The summed E-state index contributed by atoms with van der Waals surface area (Å²) in [4.78, 5) is 0. The van der Waals surface area contributed by atoms with Crippen molar-refractivity contribution in [2.75, 3.05) is 0 Å². The first-order valence-electron chi connectivity index (χ1n) is 15.4. The van der Waals surface area contributed by atoms with Crippen molar-refractivity contribution in [1.29, 1.82) is 0 Å². The Hall–Kier alpha value is -5.86. The predicted molar refractivity (Wildman–Crippen MR) is 182 cm³/mol. The maximum atomic E-state index is 6.71. The van der Waals surface area contributed by atoms with Crippen LogP contribution in [0.15, 0.2) is 162 Å². The molecule has 2 nitrogen and oxygen atoms in total. The molecule has 0 radical (unpaired) electrons. The number of rotatable bonds is 2. The van der Waals surface area contributed by atoms with Crippen LogP contribution in [0.3, 0.4) is 0 Å². The van der Waals surface area contributed by atoms with Gasteiger partial charge in [0.05, 0.1) is 5.41 Å². The van der Waals surface area contributed by atoms with E-state index in [1.807, 2.05) is 12.1 Å². The molecule has 0 unspecified atom stereocenters. The van der Waals surface area contributed by atoms with Gasteiger partial charge in [0, 0.05) is 21.9 Å². The van der Waals surface area contributed by atoms with Gasteiger partial charge in [0.25, 0.3) is 0 Å². The molecule has 1 spiro atoms. The summed E-state index contributed by atoms with van der Waals surface area (Å²) in [6, 6.07) is 56.5. The third-order valence-corrected chi connectivity index (χ3v) is 9.78. The molecule has 8 aromatic rings. The second kappa shape index (κ2) is 9.07. The topological polar surface area (TPSA) is 22.4 Å². The minimum absolute atomic E-state index is 0.435. The highest BCUT2D eigenvalue weighted by molar-refractivity contribution is 6.06. The summed E-state index contributed by atoms with van der Waals surface area (Å²) in [7, 11) is 0. The molecule has 1 aromatic heterocycles. The summed E-state index contributed by atoms with van der Waals surface area (Å²) in [5.74, 6) is 1.81. The molecule has 0 bridgehead atoms. The fraction of sp³-hybridized carbons (Fsp3) is 0.0233. The van der Waals surface area contributed by atoms with E-state index in [0.29, 0.717) is 0 Å². The second-order valence-electron chi connectivity index (χ2n) is 12.0. The molecule has 0 saturated carbocycles. The van der Waals surface area contributed by atoms with Crippen LogP contribution >= 0.6 is 0 Å². The standard InChI is InChI=1S/C43H26O2/c1-4-12-35-31(9-1)32-10-2-5-13-36(32)43(35)37-14-6-8-16-41(37)45-42-26-30(21-23-38(42)43)28-19-17-27(18-20-28)29-22-24-40-34(25-29)33-11-3-7-15-39(33)44-40/h1-26H.